The van der Waals surface area contributed by atoms with Gasteiger partial charge < -0.3 is 5.32 Å². The van der Waals surface area contributed by atoms with Gasteiger partial charge in [-0.1, -0.05) is 18.6 Å². The van der Waals surface area contributed by atoms with Crippen LogP contribution in [-0.4, -0.2) is 27.5 Å². The van der Waals surface area contributed by atoms with Crippen LogP contribution >= 0.6 is 11.8 Å². The van der Waals surface area contributed by atoms with Crippen molar-refractivity contribution in [1.82, 2.24) is 4.98 Å². The zero-order chi connectivity index (χ0) is 14.9. The minimum absolute atomic E-state index is 0.0550. The number of nitro groups is 1. The molecule has 1 aromatic heterocycles. The second-order valence-corrected chi connectivity index (χ2v) is 6.66. The van der Waals surface area contributed by atoms with Gasteiger partial charge in [0.05, 0.1) is 4.92 Å². The summed E-state index contributed by atoms with van der Waals surface area (Å²) in [6.07, 6.45) is 7.51. The molecular weight excluding hydrogens is 286 g/mol. The lowest BCUT2D eigenvalue weighted by Crippen LogP contribution is -2.40. The van der Waals surface area contributed by atoms with Crippen LogP contribution in [0.2, 0.25) is 0 Å². The Labute approximate surface area is 127 Å². The number of aromatic nitrogens is 1. The van der Waals surface area contributed by atoms with Gasteiger partial charge >= 0.3 is 0 Å². The fourth-order valence-corrected chi connectivity index (χ4v) is 3.66. The summed E-state index contributed by atoms with van der Waals surface area (Å²) in [6.45, 7) is 0.885. The number of thioether (sulfide) groups is 1. The first kappa shape index (κ1) is 14.1. The van der Waals surface area contributed by atoms with E-state index in [1.54, 1.807) is 12.3 Å². The molecule has 1 N–H and O–H groups in total. The SMILES string of the molecule is CSC1(CNc2ccnc3c([N+](=O)[O-])cccc23)CCC1. The number of fused-ring (bicyclic) bond motifs is 1. The average molecular weight is 303 g/mol. The van der Waals surface area contributed by atoms with E-state index in [0.29, 0.717) is 10.3 Å². The standard InChI is InChI=1S/C15H17N3O2S/c1-21-15(7-3-8-15)10-17-12-6-9-16-14-11(12)4-2-5-13(14)18(19)20/h2,4-6,9H,3,7-8,10H2,1H3,(H,16,17). The van der Waals surface area contributed by atoms with E-state index in [2.05, 4.69) is 16.6 Å². The molecule has 0 atom stereocenters. The van der Waals surface area contributed by atoms with Gasteiger partial charge in [-0.25, -0.2) is 4.98 Å². The van der Waals surface area contributed by atoms with E-state index in [9.17, 15) is 10.1 Å². The molecule has 0 saturated heterocycles. The number of nitro benzene ring substituents is 1. The van der Waals surface area contributed by atoms with Crippen molar-refractivity contribution in [3.05, 3.63) is 40.6 Å². The van der Waals surface area contributed by atoms with Crippen LogP contribution in [0.25, 0.3) is 10.9 Å². The van der Waals surface area contributed by atoms with Crippen molar-refractivity contribution < 1.29 is 4.92 Å². The summed E-state index contributed by atoms with van der Waals surface area (Å²) in [4.78, 5) is 14.9. The summed E-state index contributed by atoms with van der Waals surface area (Å²) in [7, 11) is 0. The first-order valence-corrected chi connectivity index (χ1v) is 8.19. The number of nitrogens with one attached hydrogen (secondary N) is 1. The number of anilines is 1. The van der Waals surface area contributed by atoms with Crippen molar-refractivity contribution in [3.8, 4) is 0 Å². The summed E-state index contributed by atoms with van der Waals surface area (Å²) in [5.74, 6) is 0. The highest BCUT2D eigenvalue weighted by molar-refractivity contribution is 8.00. The van der Waals surface area contributed by atoms with Crippen LogP contribution in [0.1, 0.15) is 19.3 Å². The molecule has 0 amide bonds. The molecule has 110 valence electrons. The van der Waals surface area contributed by atoms with Crippen molar-refractivity contribution >= 4 is 34.0 Å². The van der Waals surface area contributed by atoms with Gasteiger partial charge in [0.1, 0.15) is 5.52 Å². The van der Waals surface area contributed by atoms with Gasteiger partial charge in [-0.15, -0.1) is 0 Å². The average Bonchev–Trinajstić information content (AvgIpc) is 2.46. The Bertz CT molecular complexity index is 680. The third-order valence-electron chi connectivity index (χ3n) is 4.25. The summed E-state index contributed by atoms with van der Waals surface area (Å²) in [6, 6.07) is 6.97. The van der Waals surface area contributed by atoms with Crippen molar-refractivity contribution in [2.45, 2.75) is 24.0 Å². The zero-order valence-electron chi connectivity index (χ0n) is 11.8. The second kappa shape index (κ2) is 5.52. The maximum Gasteiger partial charge on any atom is 0.295 e. The lowest BCUT2D eigenvalue weighted by atomic mass is 9.84. The van der Waals surface area contributed by atoms with Crippen molar-refractivity contribution in [3.63, 3.8) is 0 Å². The minimum Gasteiger partial charge on any atom is -0.383 e. The lowest BCUT2D eigenvalue weighted by Gasteiger charge is -2.40. The number of pyridine rings is 1. The minimum atomic E-state index is -0.381. The molecule has 0 radical (unpaired) electrons. The number of nitrogens with zero attached hydrogens (tertiary/aromatic N) is 2. The molecule has 1 aliphatic carbocycles. The van der Waals surface area contributed by atoms with Crippen molar-refractivity contribution in [2.24, 2.45) is 0 Å². The van der Waals surface area contributed by atoms with Gasteiger partial charge in [-0.3, -0.25) is 10.1 Å². The van der Waals surface area contributed by atoms with Crippen LogP contribution in [0.3, 0.4) is 0 Å². The highest BCUT2D eigenvalue weighted by atomic mass is 32.2. The molecule has 0 unspecified atom stereocenters. The maximum atomic E-state index is 11.1. The molecule has 6 heteroatoms. The second-order valence-electron chi connectivity index (χ2n) is 5.38. The van der Waals surface area contributed by atoms with E-state index in [4.69, 9.17) is 0 Å². The summed E-state index contributed by atoms with van der Waals surface area (Å²) >= 11 is 1.91. The number of rotatable bonds is 5. The fourth-order valence-electron chi connectivity index (χ4n) is 2.74. The fraction of sp³-hybridized carbons (Fsp3) is 0.400. The maximum absolute atomic E-state index is 11.1. The number of non-ortho nitro benzene ring substituents is 1. The number of para-hydroxylation sites is 1. The van der Waals surface area contributed by atoms with E-state index in [0.717, 1.165) is 17.6 Å². The molecule has 1 aromatic carbocycles. The number of hydrogen-bond donors (Lipinski definition) is 1. The van der Waals surface area contributed by atoms with Gasteiger partial charge in [0.25, 0.3) is 5.69 Å². The molecule has 1 fully saturated rings. The van der Waals surface area contributed by atoms with E-state index in [1.807, 2.05) is 23.9 Å². The van der Waals surface area contributed by atoms with Crippen molar-refractivity contribution in [2.75, 3.05) is 18.1 Å². The Kier molecular flexibility index (Phi) is 3.71. The molecule has 3 rings (SSSR count). The van der Waals surface area contributed by atoms with Crippen LogP contribution in [0.4, 0.5) is 11.4 Å². The normalized spacial score (nSPS) is 16.4. The van der Waals surface area contributed by atoms with E-state index < -0.39 is 0 Å². The molecule has 5 nitrogen and oxygen atoms in total. The van der Waals surface area contributed by atoms with Crippen LogP contribution in [0.5, 0.6) is 0 Å². The van der Waals surface area contributed by atoms with Gasteiger partial charge in [-0.05, 0) is 25.2 Å². The van der Waals surface area contributed by atoms with Crippen LogP contribution in [0, 0.1) is 10.1 Å². The largest absolute Gasteiger partial charge is 0.383 e. The third-order valence-corrected chi connectivity index (χ3v) is 5.66. The molecule has 1 heterocycles. The predicted octanol–water partition coefficient (Wildman–Crippen LogP) is 3.84. The number of benzene rings is 1. The zero-order valence-corrected chi connectivity index (χ0v) is 12.7. The van der Waals surface area contributed by atoms with Crippen LogP contribution < -0.4 is 5.32 Å². The van der Waals surface area contributed by atoms with Gasteiger partial charge in [0.15, 0.2) is 0 Å². The van der Waals surface area contributed by atoms with E-state index in [-0.39, 0.29) is 10.6 Å². The molecule has 21 heavy (non-hydrogen) atoms. The first-order valence-electron chi connectivity index (χ1n) is 6.96. The van der Waals surface area contributed by atoms with Crippen LogP contribution in [0.15, 0.2) is 30.5 Å². The summed E-state index contributed by atoms with van der Waals surface area (Å²) in [5, 5.41) is 15.4. The monoisotopic (exact) mass is 303 g/mol. The summed E-state index contributed by atoms with van der Waals surface area (Å²) < 4.78 is 0.316. The molecule has 0 bridgehead atoms. The summed E-state index contributed by atoms with van der Waals surface area (Å²) in [5.41, 5.74) is 1.42. The Hall–Kier alpha value is -1.82. The third kappa shape index (κ3) is 2.55. The molecule has 0 spiro atoms. The Morgan fingerprint density at radius 3 is 2.86 bits per heavy atom. The molecule has 1 saturated carbocycles. The Balaban J connectivity index is 1.92. The Morgan fingerprint density at radius 2 is 2.24 bits per heavy atom. The van der Waals surface area contributed by atoms with E-state index in [1.165, 1.54) is 25.3 Å². The number of hydrogen-bond acceptors (Lipinski definition) is 5. The molecule has 1 aliphatic rings. The first-order chi connectivity index (χ1) is 10.2. The van der Waals surface area contributed by atoms with Gasteiger partial charge in [0, 0.05) is 34.6 Å². The lowest BCUT2D eigenvalue weighted by molar-refractivity contribution is -0.383. The quantitative estimate of drug-likeness (QED) is 0.671. The molecular formula is C15H17N3O2S. The van der Waals surface area contributed by atoms with Gasteiger partial charge in [-0.2, -0.15) is 11.8 Å². The topological polar surface area (TPSA) is 68.1 Å². The molecule has 2 aromatic rings. The predicted molar refractivity (Wildman–Crippen MR) is 87.0 cm³/mol. The van der Waals surface area contributed by atoms with Crippen molar-refractivity contribution in [1.29, 1.82) is 0 Å². The molecule has 0 aliphatic heterocycles. The smallest absolute Gasteiger partial charge is 0.295 e. The Morgan fingerprint density at radius 1 is 1.43 bits per heavy atom. The van der Waals surface area contributed by atoms with Crippen LogP contribution in [-0.2, 0) is 0 Å². The highest BCUT2D eigenvalue weighted by Gasteiger charge is 2.35. The highest BCUT2D eigenvalue weighted by Crippen LogP contribution is 2.43. The van der Waals surface area contributed by atoms with E-state index >= 15 is 0 Å². The van der Waals surface area contributed by atoms with Gasteiger partial charge in [0.2, 0.25) is 0 Å².